The Kier molecular flexibility index (Phi) is 5.11. The maximum Gasteiger partial charge on any atom is 0.255 e. The molecule has 3 N–H and O–H groups in total. The van der Waals surface area contributed by atoms with Gasteiger partial charge in [0.25, 0.3) is 5.91 Å². The van der Waals surface area contributed by atoms with E-state index in [0.717, 1.165) is 11.1 Å². The molecule has 3 rings (SSSR count). The number of aromatic nitrogens is 3. The Labute approximate surface area is 154 Å². The minimum atomic E-state index is -0.234. The van der Waals surface area contributed by atoms with Crippen molar-refractivity contribution in [2.24, 2.45) is 0 Å². The summed E-state index contributed by atoms with van der Waals surface area (Å²) in [6.45, 7) is 1.97. The maximum atomic E-state index is 12.5. The summed E-state index contributed by atoms with van der Waals surface area (Å²) in [5.41, 5.74) is 3.01. The van der Waals surface area contributed by atoms with Crippen LogP contribution in [0.1, 0.15) is 27.3 Å². The van der Waals surface area contributed by atoms with Crippen LogP contribution < -0.4 is 5.32 Å². The molecule has 0 aliphatic carbocycles. The van der Waals surface area contributed by atoms with E-state index in [4.69, 9.17) is 23.8 Å². The number of halogens is 1. The third-order valence-electron chi connectivity index (χ3n) is 3.50. The van der Waals surface area contributed by atoms with Gasteiger partial charge < -0.3 is 5.32 Å². The molecule has 0 radical (unpaired) electrons. The molecular formula is C18H15ClN4OS. The van der Waals surface area contributed by atoms with E-state index in [1.54, 1.807) is 30.3 Å². The van der Waals surface area contributed by atoms with Gasteiger partial charge in [-0.15, -0.1) is 0 Å². The van der Waals surface area contributed by atoms with Crippen molar-refractivity contribution >= 4 is 41.5 Å². The number of rotatable bonds is 4. The summed E-state index contributed by atoms with van der Waals surface area (Å²) in [6.07, 6.45) is 1.80. The van der Waals surface area contributed by atoms with Crippen molar-refractivity contribution in [1.82, 2.24) is 20.5 Å². The van der Waals surface area contributed by atoms with Crippen LogP contribution in [0, 0.1) is 11.7 Å². The van der Waals surface area contributed by atoms with E-state index in [1.807, 2.05) is 31.2 Å². The Morgan fingerprint density at radius 2 is 1.80 bits per heavy atom. The fraction of sp³-hybridized carbons (Fsp3) is 0.0556. The number of nitrogens with one attached hydrogen (secondary N) is 3. The van der Waals surface area contributed by atoms with Crippen LogP contribution in [0.25, 0.3) is 11.8 Å². The van der Waals surface area contributed by atoms with Gasteiger partial charge in [0.15, 0.2) is 5.82 Å². The molecule has 0 unspecified atom stereocenters. The van der Waals surface area contributed by atoms with Gasteiger partial charge in [-0.2, -0.15) is 4.98 Å². The third kappa shape index (κ3) is 4.43. The number of hydrogen-bond donors (Lipinski definition) is 3. The van der Waals surface area contributed by atoms with Gasteiger partial charge in [-0.3, -0.25) is 15.0 Å². The highest BCUT2D eigenvalue weighted by Gasteiger charge is 2.12. The molecular weight excluding hydrogens is 356 g/mol. The molecule has 0 aliphatic rings. The summed E-state index contributed by atoms with van der Waals surface area (Å²) in [5.74, 6) is 0.211. The molecule has 1 aromatic heterocycles. The van der Waals surface area contributed by atoms with Crippen LogP contribution in [0.5, 0.6) is 0 Å². The fourth-order valence-electron chi connectivity index (χ4n) is 2.19. The summed E-state index contributed by atoms with van der Waals surface area (Å²) < 4.78 is 0.307. The molecule has 0 saturated heterocycles. The minimum absolute atomic E-state index is 0.234. The van der Waals surface area contributed by atoms with Crippen LogP contribution in [0.3, 0.4) is 0 Å². The lowest BCUT2D eigenvalue weighted by Gasteiger charge is -2.08. The van der Waals surface area contributed by atoms with Gasteiger partial charge in [0.1, 0.15) is 0 Å². The molecule has 25 heavy (non-hydrogen) atoms. The van der Waals surface area contributed by atoms with Crippen molar-refractivity contribution < 1.29 is 4.79 Å². The minimum Gasteiger partial charge on any atom is -0.319 e. The Bertz CT molecular complexity index is 971. The van der Waals surface area contributed by atoms with E-state index in [2.05, 4.69) is 20.5 Å². The number of benzene rings is 2. The Hall–Kier alpha value is -2.70. The Morgan fingerprint density at radius 3 is 2.40 bits per heavy atom. The van der Waals surface area contributed by atoms with Crippen molar-refractivity contribution in [3.05, 3.63) is 80.8 Å². The van der Waals surface area contributed by atoms with Crippen LogP contribution in [-0.4, -0.2) is 21.1 Å². The van der Waals surface area contributed by atoms with E-state index < -0.39 is 0 Å². The topological polar surface area (TPSA) is 73.6 Å². The zero-order valence-electron chi connectivity index (χ0n) is 13.3. The van der Waals surface area contributed by atoms with Gasteiger partial charge in [-0.05, 0) is 55.0 Å². The van der Waals surface area contributed by atoms with Crippen LogP contribution in [-0.2, 0) is 0 Å². The van der Waals surface area contributed by atoms with Crippen LogP contribution >= 0.6 is 23.8 Å². The molecule has 0 fully saturated rings. The smallest absolute Gasteiger partial charge is 0.255 e. The second kappa shape index (κ2) is 7.46. The summed E-state index contributed by atoms with van der Waals surface area (Å²) >= 11 is 10.9. The van der Waals surface area contributed by atoms with Gasteiger partial charge in [-0.1, -0.05) is 41.4 Å². The van der Waals surface area contributed by atoms with E-state index in [-0.39, 0.29) is 5.91 Å². The molecule has 7 heteroatoms. The number of nitrogens with zero attached hydrogens (tertiary/aromatic N) is 1. The molecule has 0 saturated carbocycles. The first-order valence-corrected chi connectivity index (χ1v) is 8.30. The lowest BCUT2D eigenvalue weighted by molar-refractivity contribution is 0.0973. The SMILES string of the molecule is Cc1ccc(C(=O)N/C(=C\c2ccc(Cl)cc2)c2nc(=S)[nH][nH]2)cc1. The first-order valence-electron chi connectivity index (χ1n) is 7.51. The normalized spacial score (nSPS) is 11.4. The second-order valence-corrected chi connectivity index (χ2v) is 6.27. The number of aryl methyl sites for hydroxylation is 1. The average Bonchev–Trinajstić information content (AvgIpc) is 3.03. The average molecular weight is 371 g/mol. The van der Waals surface area contributed by atoms with E-state index in [0.29, 0.717) is 26.9 Å². The zero-order chi connectivity index (χ0) is 17.8. The Balaban J connectivity index is 1.93. The monoisotopic (exact) mass is 370 g/mol. The summed E-state index contributed by atoms with van der Waals surface area (Å²) in [5, 5.41) is 9.10. The first-order chi connectivity index (χ1) is 12.0. The predicted octanol–water partition coefficient (Wildman–Crippen LogP) is 4.36. The molecule has 126 valence electrons. The Morgan fingerprint density at radius 1 is 1.12 bits per heavy atom. The molecule has 1 heterocycles. The number of carbonyl (C=O) groups excluding carboxylic acids is 1. The summed E-state index contributed by atoms with van der Waals surface area (Å²) in [6, 6.07) is 14.6. The lowest BCUT2D eigenvalue weighted by atomic mass is 10.1. The number of carbonyl (C=O) groups is 1. The highest BCUT2D eigenvalue weighted by Crippen LogP contribution is 2.16. The standard InChI is InChI=1S/C18H15ClN4OS/c1-11-2-6-13(7-3-11)17(24)20-15(16-21-18(25)23-22-16)10-12-4-8-14(19)9-5-12/h2-10H,1H3,(H,20,24)(H2,21,22,23,25)/b15-10-. The van der Waals surface area contributed by atoms with Gasteiger partial charge in [0, 0.05) is 10.6 Å². The van der Waals surface area contributed by atoms with Crippen LogP contribution in [0.15, 0.2) is 48.5 Å². The molecule has 1 amide bonds. The van der Waals surface area contributed by atoms with E-state index in [1.165, 1.54) is 0 Å². The molecule has 0 aliphatic heterocycles. The maximum absolute atomic E-state index is 12.5. The van der Waals surface area contributed by atoms with Crippen molar-refractivity contribution in [3.8, 4) is 0 Å². The molecule has 0 bridgehead atoms. The van der Waals surface area contributed by atoms with E-state index >= 15 is 0 Å². The number of aromatic amines is 2. The number of H-pyrrole nitrogens is 2. The third-order valence-corrected chi connectivity index (χ3v) is 3.94. The molecule has 5 nitrogen and oxygen atoms in total. The van der Waals surface area contributed by atoms with Gasteiger partial charge in [-0.25, -0.2) is 0 Å². The van der Waals surface area contributed by atoms with Gasteiger partial charge >= 0.3 is 0 Å². The predicted molar refractivity (Wildman–Crippen MR) is 102 cm³/mol. The first kappa shape index (κ1) is 17.1. The molecule has 3 aromatic rings. The molecule has 0 atom stereocenters. The van der Waals surface area contributed by atoms with Crippen molar-refractivity contribution in [3.63, 3.8) is 0 Å². The second-order valence-electron chi connectivity index (χ2n) is 5.45. The zero-order valence-corrected chi connectivity index (χ0v) is 14.9. The molecule has 2 aromatic carbocycles. The van der Waals surface area contributed by atoms with Crippen molar-refractivity contribution in [2.75, 3.05) is 0 Å². The quantitative estimate of drug-likeness (QED) is 0.597. The lowest BCUT2D eigenvalue weighted by Crippen LogP contribution is -2.22. The largest absolute Gasteiger partial charge is 0.319 e. The highest BCUT2D eigenvalue weighted by atomic mass is 35.5. The number of amides is 1. The van der Waals surface area contributed by atoms with Crippen LogP contribution in [0.2, 0.25) is 5.02 Å². The van der Waals surface area contributed by atoms with Crippen molar-refractivity contribution in [1.29, 1.82) is 0 Å². The van der Waals surface area contributed by atoms with Gasteiger partial charge in [0.05, 0.1) is 5.70 Å². The fourth-order valence-corrected chi connectivity index (χ4v) is 2.45. The summed E-state index contributed by atoms with van der Waals surface area (Å²) in [4.78, 5) is 16.7. The number of hydrogen-bond acceptors (Lipinski definition) is 3. The highest BCUT2D eigenvalue weighted by molar-refractivity contribution is 7.71. The van der Waals surface area contributed by atoms with Crippen molar-refractivity contribution in [2.45, 2.75) is 6.92 Å². The van der Waals surface area contributed by atoms with Gasteiger partial charge in [0.2, 0.25) is 4.77 Å². The van der Waals surface area contributed by atoms with E-state index in [9.17, 15) is 4.79 Å². The molecule has 0 spiro atoms. The van der Waals surface area contributed by atoms with Crippen LogP contribution in [0.4, 0.5) is 0 Å². The summed E-state index contributed by atoms with van der Waals surface area (Å²) in [7, 11) is 0.